The van der Waals surface area contributed by atoms with Crippen LogP contribution in [-0.2, 0) is 4.79 Å². The van der Waals surface area contributed by atoms with Gasteiger partial charge in [0, 0.05) is 31.9 Å². The maximum Gasteiger partial charge on any atom is 0.241 e. The van der Waals surface area contributed by atoms with Gasteiger partial charge < -0.3 is 14.9 Å². The largest absolute Gasteiger partial charge is 0.389 e. The lowest BCUT2D eigenvalue weighted by Crippen LogP contribution is -2.34. The molecule has 0 saturated heterocycles. The number of carbonyl (C=O) groups excluding carboxylic acids is 1. The number of nitrogens with zero attached hydrogens (tertiary/aromatic N) is 2. The highest BCUT2D eigenvalue weighted by Crippen LogP contribution is 2.27. The van der Waals surface area contributed by atoms with Crippen molar-refractivity contribution >= 4 is 23.2 Å². The van der Waals surface area contributed by atoms with Crippen LogP contribution in [0.3, 0.4) is 0 Å². The minimum atomic E-state index is -0.597. The smallest absolute Gasteiger partial charge is 0.241 e. The molecule has 1 amide bonds. The lowest BCUT2D eigenvalue weighted by Gasteiger charge is -2.22. The van der Waals surface area contributed by atoms with Crippen molar-refractivity contribution in [1.82, 2.24) is 4.90 Å². The van der Waals surface area contributed by atoms with Gasteiger partial charge in [0.15, 0.2) is 0 Å². The predicted molar refractivity (Wildman–Crippen MR) is 74.0 cm³/mol. The van der Waals surface area contributed by atoms with Gasteiger partial charge in [-0.2, -0.15) is 0 Å². The molecule has 0 aromatic heterocycles. The lowest BCUT2D eigenvalue weighted by atomic mass is 10.1. The summed E-state index contributed by atoms with van der Waals surface area (Å²) < 4.78 is 0. The van der Waals surface area contributed by atoms with Crippen LogP contribution in [-0.4, -0.2) is 43.6 Å². The van der Waals surface area contributed by atoms with Crippen LogP contribution in [0.5, 0.6) is 0 Å². The van der Waals surface area contributed by atoms with E-state index in [0.29, 0.717) is 10.6 Å². The fourth-order valence-electron chi connectivity index (χ4n) is 1.53. The molecule has 0 aliphatic rings. The molecule has 1 unspecified atom stereocenters. The fourth-order valence-corrected chi connectivity index (χ4v) is 1.86. The average molecular weight is 271 g/mol. The minimum absolute atomic E-state index is 0.0215. The summed E-state index contributed by atoms with van der Waals surface area (Å²) in [5, 5.41) is 10.00. The molecule has 0 saturated carbocycles. The summed E-state index contributed by atoms with van der Waals surface area (Å²) in [6.45, 7) is 1.96. The van der Waals surface area contributed by atoms with Crippen molar-refractivity contribution in [1.29, 1.82) is 0 Å². The number of carbonyl (C=O) groups is 1. The molecular weight excluding hydrogens is 252 g/mol. The molecule has 0 fully saturated rings. The molecule has 0 radical (unpaired) electrons. The zero-order valence-corrected chi connectivity index (χ0v) is 11.9. The molecule has 0 bridgehead atoms. The number of hydrogen-bond acceptors (Lipinski definition) is 3. The van der Waals surface area contributed by atoms with Crippen molar-refractivity contribution in [2.45, 2.75) is 13.0 Å². The summed E-state index contributed by atoms with van der Waals surface area (Å²) in [4.78, 5) is 15.0. The third kappa shape index (κ3) is 3.62. The first-order valence-corrected chi connectivity index (χ1v) is 6.09. The van der Waals surface area contributed by atoms with Gasteiger partial charge in [-0.3, -0.25) is 4.79 Å². The van der Waals surface area contributed by atoms with Crippen LogP contribution in [0.2, 0.25) is 5.02 Å². The molecule has 0 heterocycles. The second-order valence-corrected chi connectivity index (χ2v) is 4.93. The minimum Gasteiger partial charge on any atom is -0.389 e. The van der Waals surface area contributed by atoms with E-state index in [9.17, 15) is 9.90 Å². The summed E-state index contributed by atoms with van der Waals surface area (Å²) in [6, 6.07) is 5.38. The van der Waals surface area contributed by atoms with Gasteiger partial charge in [-0.1, -0.05) is 17.7 Å². The van der Waals surface area contributed by atoms with Gasteiger partial charge in [0.05, 0.1) is 12.6 Å². The Balaban J connectivity index is 2.84. The van der Waals surface area contributed by atoms with Crippen molar-refractivity contribution in [3.63, 3.8) is 0 Å². The van der Waals surface area contributed by atoms with Gasteiger partial charge >= 0.3 is 0 Å². The number of halogens is 1. The molecule has 100 valence electrons. The molecule has 18 heavy (non-hydrogen) atoms. The van der Waals surface area contributed by atoms with Gasteiger partial charge in [0.1, 0.15) is 0 Å². The molecule has 0 aliphatic carbocycles. The van der Waals surface area contributed by atoms with E-state index in [1.54, 1.807) is 38.1 Å². The second-order valence-electron chi connectivity index (χ2n) is 4.53. The standard InChI is InChI=1S/C13H19ClN2O2/c1-9(17)11-6-5-10(7-12(11)14)16(4)8-13(18)15(2)3/h5-7,9,17H,8H2,1-4H3. The van der Waals surface area contributed by atoms with Gasteiger partial charge in [0.25, 0.3) is 0 Å². The third-order valence-electron chi connectivity index (χ3n) is 2.75. The van der Waals surface area contributed by atoms with Crippen molar-refractivity contribution < 1.29 is 9.90 Å². The zero-order valence-electron chi connectivity index (χ0n) is 11.1. The Morgan fingerprint density at radius 1 is 1.39 bits per heavy atom. The number of hydrogen-bond donors (Lipinski definition) is 1. The Bertz CT molecular complexity index is 433. The molecule has 1 aromatic carbocycles. The average Bonchev–Trinajstić information content (AvgIpc) is 2.27. The van der Waals surface area contributed by atoms with Crippen LogP contribution in [0.1, 0.15) is 18.6 Å². The van der Waals surface area contributed by atoms with E-state index in [-0.39, 0.29) is 12.5 Å². The first kappa shape index (κ1) is 14.8. The molecule has 1 rings (SSSR count). The maximum atomic E-state index is 11.6. The Kier molecular flexibility index (Phi) is 4.99. The monoisotopic (exact) mass is 270 g/mol. The number of benzene rings is 1. The molecule has 5 heteroatoms. The van der Waals surface area contributed by atoms with Gasteiger partial charge in [-0.15, -0.1) is 0 Å². The number of anilines is 1. The maximum absolute atomic E-state index is 11.6. The van der Waals surface area contributed by atoms with E-state index in [2.05, 4.69) is 0 Å². The summed E-state index contributed by atoms with van der Waals surface area (Å²) in [5.41, 5.74) is 1.53. The number of likely N-dealkylation sites (N-methyl/N-ethyl adjacent to an activating group) is 2. The highest BCUT2D eigenvalue weighted by molar-refractivity contribution is 6.31. The van der Waals surface area contributed by atoms with E-state index in [0.717, 1.165) is 5.69 Å². The Labute approximate surface area is 113 Å². The quantitative estimate of drug-likeness (QED) is 0.909. The highest BCUT2D eigenvalue weighted by Gasteiger charge is 2.12. The first-order valence-electron chi connectivity index (χ1n) is 5.71. The molecule has 0 aliphatic heterocycles. The van der Waals surface area contributed by atoms with E-state index < -0.39 is 6.10 Å². The number of amides is 1. The van der Waals surface area contributed by atoms with Crippen molar-refractivity contribution in [3.8, 4) is 0 Å². The van der Waals surface area contributed by atoms with E-state index in [1.807, 2.05) is 18.0 Å². The van der Waals surface area contributed by atoms with Crippen LogP contribution < -0.4 is 4.90 Å². The zero-order chi connectivity index (χ0) is 13.9. The van der Waals surface area contributed by atoms with Crippen LogP contribution in [0.15, 0.2) is 18.2 Å². The van der Waals surface area contributed by atoms with Gasteiger partial charge in [-0.05, 0) is 24.6 Å². The third-order valence-corrected chi connectivity index (χ3v) is 3.07. The molecule has 4 nitrogen and oxygen atoms in total. The van der Waals surface area contributed by atoms with E-state index >= 15 is 0 Å². The van der Waals surface area contributed by atoms with Crippen LogP contribution >= 0.6 is 11.6 Å². The number of rotatable bonds is 4. The Hall–Kier alpha value is -1.26. The number of aliphatic hydroxyl groups excluding tert-OH is 1. The van der Waals surface area contributed by atoms with Gasteiger partial charge in [-0.25, -0.2) is 0 Å². The highest BCUT2D eigenvalue weighted by atomic mass is 35.5. The van der Waals surface area contributed by atoms with Crippen LogP contribution in [0.4, 0.5) is 5.69 Å². The predicted octanol–water partition coefficient (Wildman–Crippen LogP) is 1.92. The normalized spacial score (nSPS) is 12.1. The molecule has 1 atom stereocenters. The van der Waals surface area contributed by atoms with Crippen LogP contribution in [0, 0.1) is 0 Å². The fraction of sp³-hybridized carbons (Fsp3) is 0.462. The summed E-state index contributed by atoms with van der Waals surface area (Å²) in [7, 11) is 5.27. The number of aliphatic hydroxyl groups is 1. The van der Waals surface area contributed by atoms with E-state index in [1.165, 1.54) is 0 Å². The summed E-state index contributed by atoms with van der Waals surface area (Å²) in [5.74, 6) is 0.0215. The van der Waals surface area contributed by atoms with Crippen molar-refractivity contribution in [3.05, 3.63) is 28.8 Å². The van der Waals surface area contributed by atoms with Crippen molar-refractivity contribution in [2.24, 2.45) is 0 Å². The first-order chi connectivity index (χ1) is 8.32. The van der Waals surface area contributed by atoms with E-state index in [4.69, 9.17) is 11.6 Å². The Morgan fingerprint density at radius 3 is 2.44 bits per heavy atom. The SMILES string of the molecule is CC(O)c1ccc(N(C)CC(=O)N(C)C)cc1Cl. The van der Waals surface area contributed by atoms with Gasteiger partial charge in [0.2, 0.25) is 5.91 Å². The van der Waals surface area contributed by atoms with Crippen LogP contribution in [0.25, 0.3) is 0 Å². The topological polar surface area (TPSA) is 43.8 Å². The molecule has 1 aromatic rings. The second kappa shape index (κ2) is 6.07. The molecule has 0 spiro atoms. The molecular formula is C13H19ClN2O2. The summed E-state index contributed by atoms with van der Waals surface area (Å²) >= 11 is 6.09. The molecule has 1 N–H and O–H groups in total. The lowest BCUT2D eigenvalue weighted by molar-refractivity contribution is -0.127. The summed E-state index contributed by atoms with van der Waals surface area (Å²) in [6.07, 6.45) is -0.597. The van der Waals surface area contributed by atoms with Crippen molar-refractivity contribution in [2.75, 3.05) is 32.6 Å². The Morgan fingerprint density at radius 2 is 2.00 bits per heavy atom.